The van der Waals surface area contributed by atoms with Gasteiger partial charge in [0, 0.05) is 18.2 Å². The number of benzene rings is 1. The number of nitrogens with two attached hydrogens (primary N) is 1. The van der Waals surface area contributed by atoms with E-state index in [0.29, 0.717) is 17.3 Å². The van der Waals surface area contributed by atoms with Crippen molar-refractivity contribution in [3.63, 3.8) is 0 Å². The molecule has 4 nitrogen and oxygen atoms in total. The summed E-state index contributed by atoms with van der Waals surface area (Å²) < 4.78 is 0. The molecule has 3 N–H and O–H groups in total. The topological polar surface area (TPSA) is 68.0 Å². The largest absolute Gasteiger partial charge is 0.397 e. The van der Waals surface area contributed by atoms with Gasteiger partial charge in [-0.25, -0.2) is 4.98 Å². The van der Waals surface area contributed by atoms with E-state index in [4.69, 9.17) is 5.73 Å². The Kier molecular flexibility index (Phi) is 2.91. The fourth-order valence-corrected chi connectivity index (χ4v) is 2.27. The van der Waals surface area contributed by atoms with Gasteiger partial charge < -0.3 is 11.1 Å². The van der Waals surface area contributed by atoms with Gasteiger partial charge in [0.15, 0.2) is 5.69 Å². The Balaban J connectivity index is 1.66. The highest BCUT2D eigenvalue weighted by molar-refractivity contribution is 5.97. The van der Waals surface area contributed by atoms with Crippen molar-refractivity contribution in [3.8, 4) is 0 Å². The molecule has 1 amide bonds. The van der Waals surface area contributed by atoms with Gasteiger partial charge in [-0.1, -0.05) is 30.3 Å². The fourth-order valence-electron chi connectivity index (χ4n) is 2.27. The summed E-state index contributed by atoms with van der Waals surface area (Å²) in [5.74, 6) is 0.219. The Labute approximate surface area is 111 Å². The van der Waals surface area contributed by atoms with E-state index < -0.39 is 0 Å². The van der Waals surface area contributed by atoms with E-state index in [1.807, 2.05) is 18.2 Å². The summed E-state index contributed by atoms with van der Waals surface area (Å²) in [6, 6.07) is 13.8. The van der Waals surface area contributed by atoms with Gasteiger partial charge in [0.25, 0.3) is 5.91 Å². The van der Waals surface area contributed by atoms with Crippen LogP contribution in [0.25, 0.3) is 0 Å². The lowest BCUT2D eigenvalue weighted by molar-refractivity contribution is 0.0946. The van der Waals surface area contributed by atoms with Gasteiger partial charge in [-0.2, -0.15) is 0 Å². The van der Waals surface area contributed by atoms with Crippen molar-refractivity contribution in [1.82, 2.24) is 10.3 Å². The molecule has 0 radical (unpaired) electrons. The van der Waals surface area contributed by atoms with E-state index in [9.17, 15) is 4.79 Å². The highest BCUT2D eigenvalue weighted by Gasteiger charge is 2.39. The Morgan fingerprint density at radius 3 is 2.74 bits per heavy atom. The third-order valence-corrected chi connectivity index (χ3v) is 3.39. The smallest absolute Gasteiger partial charge is 0.272 e. The lowest BCUT2D eigenvalue weighted by Crippen LogP contribution is -2.28. The first-order valence-electron chi connectivity index (χ1n) is 6.32. The van der Waals surface area contributed by atoms with E-state index in [-0.39, 0.29) is 11.9 Å². The van der Waals surface area contributed by atoms with Crippen LogP contribution in [0.1, 0.15) is 28.4 Å². The van der Waals surface area contributed by atoms with Crippen LogP contribution in [0.2, 0.25) is 0 Å². The average molecular weight is 253 g/mol. The molecule has 1 saturated carbocycles. The molecule has 2 unspecified atom stereocenters. The maximum Gasteiger partial charge on any atom is 0.272 e. The number of aromatic nitrogens is 1. The van der Waals surface area contributed by atoms with Crippen LogP contribution in [-0.4, -0.2) is 16.9 Å². The van der Waals surface area contributed by atoms with Crippen LogP contribution in [0.4, 0.5) is 5.69 Å². The number of hydrogen-bond donors (Lipinski definition) is 2. The maximum atomic E-state index is 12.0. The number of nitrogens with zero attached hydrogens (tertiary/aromatic N) is 1. The van der Waals surface area contributed by atoms with Crippen LogP contribution in [0.15, 0.2) is 48.7 Å². The summed E-state index contributed by atoms with van der Waals surface area (Å²) in [5, 5.41) is 2.98. The number of hydrogen-bond acceptors (Lipinski definition) is 3. The van der Waals surface area contributed by atoms with Crippen molar-refractivity contribution in [3.05, 3.63) is 59.9 Å². The normalized spacial score (nSPS) is 20.8. The zero-order valence-electron chi connectivity index (χ0n) is 10.4. The molecular formula is C15H15N3O. The summed E-state index contributed by atoms with van der Waals surface area (Å²) in [6.45, 7) is 0. The molecule has 1 aliphatic rings. The first kappa shape index (κ1) is 11.7. The number of amides is 1. The van der Waals surface area contributed by atoms with Gasteiger partial charge in [0.1, 0.15) is 0 Å². The van der Waals surface area contributed by atoms with E-state index in [2.05, 4.69) is 22.4 Å². The molecule has 0 spiro atoms. The molecule has 0 aliphatic heterocycles. The lowest BCUT2D eigenvalue weighted by Gasteiger charge is -2.06. The SMILES string of the molecule is Nc1cccnc1C(=O)NC1CC1c1ccccc1. The summed E-state index contributed by atoms with van der Waals surface area (Å²) in [6.07, 6.45) is 2.55. The number of nitrogens with one attached hydrogen (secondary N) is 1. The first-order valence-corrected chi connectivity index (χ1v) is 6.32. The quantitative estimate of drug-likeness (QED) is 0.878. The molecule has 1 heterocycles. The molecular weight excluding hydrogens is 238 g/mol. The van der Waals surface area contributed by atoms with Gasteiger partial charge >= 0.3 is 0 Å². The second-order valence-electron chi connectivity index (χ2n) is 4.77. The van der Waals surface area contributed by atoms with Crippen molar-refractivity contribution in [2.45, 2.75) is 18.4 Å². The number of anilines is 1. The number of pyridine rings is 1. The summed E-state index contributed by atoms with van der Waals surface area (Å²) >= 11 is 0. The molecule has 0 bridgehead atoms. The van der Waals surface area contributed by atoms with Crippen molar-refractivity contribution in [2.24, 2.45) is 0 Å². The van der Waals surface area contributed by atoms with Crippen LogP contribution in [-0.2, 0) is 0 Å². The zero-order chi connectivity index (χ0) is 13.2. The summed E-state index contributed by atoms with van der Waals surface area (Å²) in [7, 11) is 0. The highest BCUT2D eigenvalue weighted by atomic mass is 16.2. The fraction of sp³-hybridized carbons (Fsp3) is 0.200. The zero-order valence-corrected chi connectivity index (χ0v) is 10.4. The third kappa shape index (κ3) is 2.42. The molecule has 19 heavy (non-hydrogen) atoms. The minimum absolute atomic E-state index is 0.191. The number of carbonyl (C=O) groups is 1. The van der Waals surface area contributed by atoms with E-state index in [1.165, 1.54) is 5.56 Å². The molecule has 2 atom stereocenters. The molecule has 4 heteroatoms. The van der Waals surface area contributed by atoms with E-state index in [0.717, 1.165) is 6.42 Å². The Bertz CT molecular complexity index is 597. The highest BCUT2D eigenvalue weighted by Crippen LogP contribution is 2.40. The molecule has 0 saturated heterocycles. The van der Waals surface area contributed by atoms with Crippen LogP contribution in [0.3, 0.4) is 0 Å². The Morgan fingerprint density at radius 2 is 2.00 bits per heavy atom. The number of nitrogen functional groups attached to an aromatic ring is 1. The predicted octanol–water partition coefficient (Wildman–Crippen LogP) is 1.95. The predicted molar refractivity (Wildman–Crippen MR) is 73.7 cm³/mol. The molecule has 1 aromatic carbocycles. The Hall–Kier alpha value is -2.36. The van der Waals surface area contributed by atoms with Crippen molar-refractivity contribution < 1.29 is 4.79 Å². The van der Waals surface area contributed by atoms with Crippen LogP contribution in [0.5, 0.6) is 0 Å². The number of rotatable bonds is 3. The molecule has 3 rings (SSSR count). The van der Waals surface area contributed by atoms with Gasteiger partial charge in [0.05, 0.1) is 5.69 Å². The molecule has 1 aliphatic carbocycles. The first-order chi connectivity index (χ1) is 9.25. The summed E-state index contributed by atoms with van der Waals surface area (Å²) in [4.78, 5) is 16.1. The standard InChI is InChI=1S/C15H15N3O/c16-12-7-4-8-17-14(12)15(19)18-13-9-11(13)10-5-2-1-3-6-10/h1-8,11,13H,9,16H2,(H,18,19). The molecule has 1 aromatic heterocycles. The minimum Gasteiger partial charge on any atom is -0.397 e. The van der Waals surface area contributed by atoms with Crippen molar-refractivity contribution in [2.75, 3.05) is 5.73 Å². The van der Waals surface area contributed by atoms with Gasteiger partial charge in [0.2, 0.25) is 0 Å². The second-order valence-corrected chi connectivity index (χ2v) is 4.77. The molecule has 2 aromatic rings. The van der Waals surface area contributed by atoms with Crippen LogP contribution in [0, 0.1) is 0 Å². The number of carbonyl (C=O) groups excluding carboxylic acids is 1. The maximum absolute atomic E-state index is 12.0. The van der Waals surface area contributed by atoms with Crippen LogP contribution >= 0.6 is 0 Å². The van der Waals surface area contributed by atoms with Crippen molar-refractivity contribution >= 4 is 11.6 Å². The van der Waals surface area contributed by atoms with Crippen molar-refractivity contribution in [1.29, 1.82) is 0 Å². The molecule has 96 valence electrons. The second kappa shape index (κ2) is 4.72. The van der Waals surface area contributed by atoms with Gasteiger partial charge in [-0.3, -0.25) is 4.79 Å². The van der Waals surface area contributed by atoms with E-state index in [1.54, 1.807) is 18.3 Å². The van der Waals surface area contributed by atoms with E-state index >= 15 is 0 Å². The molecule has 1 fully saturated rings. The minimum atomic E-state index is -0.193. The third-order valence-electron chi connectivity index (χ3n) is 3.39. The average Bonchev–Trinajstić information content (AvgIpc) is 3.19. The monoisotopic (exact) mass is 253 g/mol. The van der Waals surface area contributed by atoms with Gasteiger partial charge in [-0.15, -0.1) is 0 Å². The lowest BCUT2D eigenvalue weighted by atomic mass is 10.1. The van der Waals surface area contributed by atoms with Crippen LogP contribution < -0.4 is 11.1 Å². The Morgan fingerprint density at radius 1 is 1.21 bits per heavy atom. The van der Waals surface area contributed by atoms with Gasteiger partial charge in [-0.05, 0) is 24.1 Å². The summed E-state index contributed by atoms with van der Waals surface area (Å²) in [5.41, 5.74) is 7.73.